The lowest BCUT2D eigenvalue weighted by atomic mass is 10.4. The number of nitrogens with two attached hydrogens (primary N) is 1. The van der Waals surface area contributed by atoms with Crippen LogP contribution in [0.25, 0.3) is 0 Å². The van der Waals surface area contributed by atoms with Crippen LogP contribution in [0.1, 0.15) is 23.1 Å². The van der Waals surface area contributed by atoms with E-state index in [2.05, 4.69) is 25.9 Å². The van der Waals surface area contributed by atoms with Crippen molar-refractivity contribution in [3.8, 4) is 0 Å². The molecule has 0 amide bonds. The van der Waals surface area contributed by atoms with Crippen molar-refractivity contribution in [3.05, 3.63) is 16.0 Å². The van der Waals surface area contributed by atoms with Gasteiger partial charge in [-0.2, -0.15) is 0 Å². The van der Waals surface area contributed by atoms with E-state index in [0.717, 1.165) is 0 Å². The van der Waals surface area contributed by atoms with Gasteiger partial charge in [-0.3, -0.25) is 0 Å². The van der Waals surface area contributed by atoms with E-state index in [-0.39, 0.29) is 18.1 Å². The number of nitrogens with zero attached hydrogens (tertiary/aromatic N) is 2. The number of hydrogen-bond donors (Lipinski definition) is 1. The van der Waals surface area contributed by atoms with E-state index in [1.54, 1.807) is 13.8 Å². The first-order valence-corrected chi connectivity index (χ1v) is 4.82. The number of aromatic nitrogens is 2. The molecule has 1 aromatic rings. The van der Waals surface area contributed by atoms with Gasteiger partial charge >= 0.3 is 5.97 Å². The molecule has 76 valence electrons. The van der Waals surface area contributed by atoms with E-state index in [0.29, 0.717) is 10.3 Å². The van der Waals surface area contributed by atoms with Crippen LogP contribution in [-0.4, -0.2) is 22.5 Å². The molecule has 0 aliphatic heterocycles. The highest BCUT2D eigenvalue weighted by Gasteiger charge is 2.15. The van der Waals surface area contributed by atoms with Crippen LogP contribution in [0.15, 0.2) is 4.60 Å². The highest BCUT2D eigenvalue weighted by molar-refractivity contribution is 9.10. The summed E-state index contributed by atoms with van der Waals surface area (Å²) in [5, 5.41) is 0. The Bertz CT molecular complexity index is 368. The van der Waals surface area contributed by atoms with Gasteiger partial charge in [-0.15, -0.1) is 0 Å². The molecule has 1 rings (SSSR count). The Morgan fingerprint density at radius 3 is 2.79 bits per heavy atom. The number of rotatable bonds is 2. The van der Waals surface area contributed by atoms with Crippen molar-refractivity contribution in [2.75, 3.05) is 12.3 Å². The van der Waals surface area contributed by atoms with E-state index in [1.807, 2.05) is 0 Å². The number of halogens is 1. The Morgan fingerprint density at radius 1 is 1.57 bits per heavy atom. The third-order valence-electron chi connectivity index (χ3n) is 1.51. The Hall–Kier alpha value is -1.17. The Morgan fingerprint density at radius 2 is 2.21 bits per heavy atom. The number of esters is 1. The fourth-order valence-electron chi connectivity index (χ4n) is 0.866. The molecule has 0 radical (unpaired) electrons. The van der Waals surface area contributed by atoms with Gasteiger partial charge < -0.3 is 10.5 Å². The summed E-state index contributed by atoms with van der Waals surface area (Å²) in [5.41, 5.74) is 6.21. The maximum atomic E-state index is 11.3. The second-order valence-electron chi connectivity index (χ2n) is 2.55. The fourth-order valence-corrected chi connectivity index (χ4v) is 1.13. The van der Waals surface area contributed by atoms with Crippen LogP contribution in [0.2, 0.25) is 0 Å². The number of nitrogen functional groups attached to an aromatic ring is 1. The zero-order chi connectivity index (χ0) is 10.7. The standard InChI is InChI=1S/C8H10BrN3O2/c1-3-14-8(13)5-7(10)11-4(2)6(9)12-5/h3H2,1-2H3,(H2,10,11). The van der Waals surface area contributed by atoms with Gasteiger partial charge in [0.15, 0.2) is 11.5 Å². The van der Waals surface area contributed by atoms with Gasteiger partial charge in [-0.25, -0.2) is 14.8 Å². The van der Waals surface area contributed by atoms with Crippen LogP contribution in [0.3, 0.4) is 0 Å². The topological polar surface area (TPSA) is 78.1 Å². The van der Waals surface area contributed by atoms with E-state index in [9.17, 15) is 4.79 Å². The molecule has 0 aliphatic rings. The van der Waals surface area contributed by atoms with E-state index < -0.39 is 5.97 Å². The second-order valence-corrected chi connectivity index (χ2v) is 3.31. The van der Waals surface area contributed by atoms with Gasteiger partial charge in [0.25, 0.3) is 0 Å². The third kappa shape index (κ3) is 2.20. The van der Waals surface area contributed by atoms with Crippen LogP contribution < -0.4 is 5.73 Å². The quantitative estimate of drug-likeness (QED) is 0.811. The van der Waals surface area contributed by atoms with Crippen molar-refractivity contribution in [2.45, 2.75) is 13.8 Å². The van der Waals surface area contributed by atoms with Crippen molar-refractivity contribution in [2.24, 2.45) is 0 Å². The summed E-state index contributed by atoms with van der Waals surface area (Å²) in [5.74, 6) is -0.470. The number of carbonyl (C=O) groups excluding carboxylic acids is 1. The molecule has 0 atom stereocenters. The summed E-state index contributed by atoms with van der Waals surface area (Å²) in [6.45, 7) is 3.73. The van der Waals surface area contributed by atoms with Crippen molar-refractivity contribution in [1.29, 1.82) is 0 Å². The molecule has 0 unspecified atom stereocenters. The van der Waals surface area contributed by atoms with Crippen LogP contribution in [-0.2, 0) is 4.74 Å². The highest BCUT2D eigenvalue weighted by atomic mass is 79.9. The summed E-state index contributed by atoms with van der Waals surface area (Å²) in [4.78, 5) is 19.2. The number of hydrogen-bond acceptors (Lipinski definition) is 5. The Kier molecular flexibility index (Phi) is 3.40. The van der Waals surface area contributed by atoms with Crippen molar-refractivity contribution >= 4 is 27.7 Å². The molecule has 0 fully saturated rings. The maximum absolute atomic E-state index is 11.3. The molecule has 5 nitrogen and oxygen atoms in total. The van der Waals surface area contributed by atoms with Gasteiger partial charge in [-0.1, -0.05) is 0 Å². The predicted octanol–water partition coefficient (Wildman–Crippen LogP) is 1.31. The van der Waals surface area contributed by atoms with Crippen LogP contribution >= 0.6 is 15.9 Å². The van der Waals surface area contributed by atoms with Gasteiger partial charge in [0, 0.05) is 0 Å². The minimum atomic E-state index is -0.557. The lowest BCUT2D eigenvalue weighted by Crippen LogP contribution is -2.12. The number of aryl methyl sites for hydroxylation is 1. The first-order chi connectivity index (χ1) is 6.56. The van der Waals surface area contributed by atoms with Crippen LogP contribution in [0.4, 0.5) is 5.82 Å². The summed E-state index contributed by atoms with van der Waals surface area (Å²) in [6, 6.07) is 0. The summed E-state index contributed by atoms with van der Waals surface area (Å²) in [7, 11) is 0. The lowest BCUT2D eigenvalue weighted by molar-refractivity contribution is 0.0520. The molecule has 0 spiro atoms. The van der Waals surface area contributed by atoms with Gasteiger partial charge in [0.05, 0.1) is 12.3 Å². The largest absolute Gasteiger partial charge is 0.461 e. The molecule has 0 bridgehead atoms. The molecule has 2 N–H and O–H groups in total. The number of ether oxygens (including phenoxy) is 1. The SMILES string of the molecule is CCOC(=O)c1nc(Br)c(C)nc1N. The summed E-state index contributed by atoms with van der Waals surface area (Å²) < 4.78 is 5.26. The monoisotopic (exact) mass is 259 g/mol. The minimum Gasteiger partial charge on any atom is -0.461 e. The normalized spacial score (nSPS) is 9.93. The summed E-state index contributed by atoms with van der Waals surface area (Å²) >= 11 is 3.16. The second kappa shape index (κ2) is 4.36. The van der Waals surface area contributed by atoms with Crippen LogP contribution in [0.5, 0.6) is 0 Å². The Balaban J connectivity index is 3.09. The highest BCUT2D eigenvalue weighted by Crippen LogP contribution is 2.16. The average Bonchev–Trinajstić information content (AvgIpc) is 2.11. The Labute approximate surface area is 89.8 Å². The molecular weight excluding hydrogens is 250 g/mol. The smallest absolute Gasteiger partial charge is 0.360 e. The van der Waals surface area contributed by atoms with Crippen molar-refractivity contribution in [1.82, 2.24) is 9.97 Å². The van der Waals surface area contributed by atoms with E-state index in [4.69, 9.17) is 10.5 Å². The van der Waals surface area contributed by atoms with Gasteiger partial charge in [-0.05, 0) is 29.8 Å². The predicted molar refractivity (Wildman–Crippen MR) is 54.8 cm³/mol. The average molecular weight is 260 g/mol. The van der Waals surface area contributed by atoms with E-state index >= 15 is 0 Å². The molecule has 1 aromatic heterocycles. The van der Waals surface area contributed by atoms with Crippen molar-refractivity contribution < 1.29 is 9.53 Å². The third-order valence-corrected chi connectivity index (χ3v) is 2.26. The lowest BCUT2D eigenvalue weighted by Gasteiger charge is -2.05. The molecule has 0 aliphatic carbocycles. The zero-order valence-electron chi connectivity index (χ0n) is 7.87. The summed E-state index contributed by atoms with van der Waals surface area (Å²) in [6.07, 6.45) is 0. The van der Waals surface area contributed by atoms with Gasteiger partial charge in [0.1, 0.15) is 4.60 Å². The maximum Gasteiger partial charge on any atom is 0.360 e. The van der Waals surface area contributed by atoms with E-state index in [1.165, 1.54) is 0 Å². The first kappa shape index (κ1) is 10.9. The first-order valence-electron chi connectivity index (χ1n) is 4.03. The van der Waals surface area contributed by atoms with Gasteiger partial charge in [0.2, 0.25) is 0 Å². The molecule has 6 heteroatoms. The zero-order valence-corrected chi connectivity index (χ0v) is 9.46. The molecule has 1 heterocycles. The molecule has 0 aromatic carbocycles. The van der Waals surface area contributed by atoms with Crippen LogP contribution in [0, 0.1) is 6.92 Å². The molecule has 0 saturated carbocycles. The van der Waals surface area contributed by atoms with Crippen molar-refractivity contribution in [3.63, 3.8) is 0 Å². The number of carbonyl (C=O) groups is 1. The fraction of sp³-hybridized carbons (Fsp3) is 0.375. The minimum absolute atomic E-state index is 0.0457. The molecular formula is C8H10BrN3O2. The molecule has 14 heavy (non-hydrogen) atoms. The number of anilines is 1. The molecule has 0 saturated heterocycles.